The third-order valence-electron chi connectivity index (χ3n) is 2.64. The smallest absolute Gasteiger partial charge is 0.100 e. The van der Waals surface area contributed by atoms with E-state index in [9.17, 15) is 5.11 Å². The van der Waals surface area contributed by atoms with Crippen LogP contribution >= 0.6 is 34.5 Å². The van der Waals surface area contributed by atoms with Crippen molar-refractivity contribution in [2.45, 2.75) is 18.9 Å². The molecule has 0 aliphatic rings. The van der Waals surface area contributed by atoms with Crippen molar-refractivity contribution in [2.75, 3.05) is 0 Å². The van der Waals surface area contributed by atoms with Gasteiger partial charge < -0.3 is 5.11 Å². The highest BCUT2D eigenvalue weighted by Crippen LogP contribution is 2.36. The summed E-state index contributed by atoms with van der Waals surface area (Å²) in [5.74, 6) is 0. The van der Waals surface area contributed by atoms with E-state index < -0.39 is 6.10 Å². The number of aliphatic hydroxyl groups excluding tert-OH is 1. The summed E-state index contributed by atoms with van der Waals surface area (Å²) in [5.41, 5.74) is 1.80. The molecule has 6 heteroatoms. The highest BCUT2D eigenvalue weighted by atomic mass is 35.5. The Morgan fingerprint density at radius 1 is 1.53 bits per heavy atom. The van der Waals surface area contributed by atoms with E-state index in [1.807, 2.05) is 13.1 Å². The Labute approximate surface area is 114 Å². The molecule has 0 fully saturated rings. The van der Waals surface area contributed by atoms with Crippen molar-refractivity contribution in [3.63, 3.8) is 0 Å². The molecule has 17 heavy (non-hydrogen) atoms. The largest absolute Gasteiger partial charge is 0.388 e. The first-order chi connectivity index (χ1) is 8.08. The van der Waals surface area contributed by atoms with Gasteiger partial charge in [0.05, 0.1) is 10.4 Å². The molecule has 0 radical (unpaired) electrons. The third-order valence-corrected chi connectivity index (χ3v) is 4.16. The highest BCUT2D eigenvalue weighted by molar-refractivity contribution is 7.20. The molecule has 0 bridgehead atoms. The fraction of sp³-hybridized carbons (Fsp3) is 0.364. The van der Waals surface area contributed by atoms with E-state index in [1.54, 1.807) is 16.9 Å². The van der Waals surface area contributed by atoms with Crippen LogP contribution in [0.2, 0.25) is 8.67 Å². The second kappa shape index (κ2) is 5.40. The van der Waals surface area contributed by atoms with Crippen LogP contribution in [0.1, 0.15) is 23.8 Å². The number of aromatic nitrogens is 2. The number of aliphatic hydroxyl groups is 1. The lowest BCUT2D eigenvalue weighted by Gasteiger charge is -2.09. The summed E-state index contributed by atoms with van der Waals surface area (Å²) in [5, 5.41) is 14.1. The van der Waals surface area contributed by atoms with Crippen LogP contribution in [-0.2, 0) is 13.5 Å². The molecule has 0 aliphatic heterocycles. The van der Waals surface area contributed by atoms with Gasteiger partial charge in [-0.25, -0.2) is 0 Å². The topological polar surface area (TPSA) is 38.0 Å². The average molecular weight is 291 g/mol. The normalized spacial score (nSPS) is 12.9. The van der Waals surface area contributed by atoms with Gasteiger partial charge in [0.1, 0.15) is 4.34 Å². The lowest BCUT2D eigenvalue weighted by atomic mass is 10.1. The van der Waals surface area contributed by atoms with E-state index in [0.717, 1.165) is 12.1 Å². The summed E-state index contributed by atoms with van der Waals surface area (Å²) in [6.45, 7) is 0. The molecule has 1 atom stereocenters. The minimum absolute atomic E-state index is 0.563. The van der Waals surface area contributed by atoms with E-state index in [2.05, 4.69) is 5.10 Å². The molecule has 2 aromatic heterocycles. The first-order valence-corrected chi connectivity index (χ1v) is 6.75. The van der Waals surface area contributed by atoms with E-state index >= 15 is 0 Å². The first kappa shape index (κ1) is 12.9. The zero-order chi connectivity index (χ0) is 12.4. The summed E-state index contributed by atoms with van der Waals surface area (Å²) in [6.07, 6.45) is 2.52. The molecular formula is C11H12Cl2N2OS. The van der Waals surface area contributed by atoms with E-state index in [-0.39, 0.29) is 0 Å². The molecule has 0 amide bonds. The Balaban J connectivity index is 2.00. The van der Waals surface area contributed by atoms with Gasteiger partial charge in [0, 0.05) is 24.5 Å². The van der Waals surface area contributed by atoms with Gasteiger partial charge in [0.2, 0.25) is 0 Å². The van der Waals surface area contributed by atoms with E-state index in [1.165, 1.54) is 11.3 Å². The van der Waals surface area contributed by atoms with Crippen LogP contribution in [0.5, 0.6) is 0 Å². The van der Waals surface area contributed by atoms with Crippen LogP contribution in [0, 0.1) is 0 Å². The molecule has 0 aromatic carbocycles. The van der Waals surface area contributed by atoms with Gasteiger partial charge >= 0.3 is 0 Å². The van der Waals surface area contributed by atoms with Gasteiger partial charge in [-0.05, 0) is 25.0 Å². The predicted octanol–water partition coefficient (Wildman–Crippen LogP) is 3.45. The lowest BCUT2D eigenvalue weighted by molar-refractivity contribution is 0.167. The van der Waals surface area contributed by atoms with Crippen LogP contribution in [0.4, 0.5) is 0 Å². The number of hydrogen-bond donors (Lipinski definition) is 1. The van der Waals surface area contributed by atoms with Crippen LogP contribution in [0.25, 0.3) is 0 Å². The molecule has 0 saturated carbocycles. The fourth-order valence-corrected chi connectivity index (χ4v) is 3.23. The van der Waals surface area contributed by atoms with Gasteiger partial charge in [-0.15, -0.1) is 11.3 Å². The summed E-state index contributed by atoms with van der Waals surface area (Å²) >= 11 is 13.1. The van der Waals surface area contributed by atoms with Crippen LogP contribution in [-0.4, -0.2) is 14.9 Å². The monoisotopic (exact) mass is 290 g/mol. The van der Waals surface area contributed by atoms with E-state index in [0.29, 0.717) is 20.7 Å². The second-order valence-electron chi connectivity index (χ2n) is 3.78. The minimum Gasteiger partial charge on any atom is -0.388 e. The van der Waals surface area contributed by atoms with Gasteiger partial charge in [-0.1, -0.05) is 23.2 Å². The van der Waals surface area contributed by atoms with Crippen LogP contribution in [0.15, 0.2) is 18.3 Å². The Bertz CT molecular complexity index is 509. The molecule has 2 aromatic rings. The summed E-state index contributed by atoms with van der Waals surface area (Å²) in [7, 11) is 1.89. The van der Waals surface area contributed by atoms with Crippen molar-refractivity contribution >= 4 is 34.5 Å². The zero-order valence-electron chi connectivity index (χ0n) is 9.23. The number of hydrogen-bond acceptors (Lipinski definition) is 3. The molecule has 2 heterocycles. The zero-order valence-corrected chi connectivity index (χ0v) is 11.6. The standard InChI is InChI=1S/C11H12Cl2N2OS/c1-15-7(4-5-14-15)2-3-9(16)8-6-10(12)17-11(8)13/h4-6,9,16H,2-3H2,1H3. The molecule has 92 valence electrons. The fourth-order valence-electron chi connectivity index (χ4n) is 1.67. The minimum atomic E-state index is -0.582. The third kappa shape index (κ3) is 3.01. The summed E-state index contributed by atoms with van der Waals surface area (Å²) in [4.78, 5) is 0. The highest BCUT2D eigenvalue weighted by Gasteiger charge is 2.15. The maximum absolute atomic E-state index is 10.0. The van der Waals surface area contributed by atoms with Gasteiger partial charge in [0.25, 0.3) is 0 Å². The molecule has 2 rings (SSSR count). The molecular weight excluding hydrogens is 279 g/mol. The number of nitrogens with zero attached hydrogens (tertiary/aromatic N) is 2. The summed E-state index contributed by atoms with van der Waals surface area (Å²) < 4.78 is 2.96. The number of rotatable bonds is 4. The summed E-state index contributed by atoms with van der Waals surface area (Å²) in [6, 6.07) is 3.66. The second-order valence-corrected chi connectivity index (χ2v) is 6.07. The predicted molar refractivity (Wildman–Crippen MR) is 70.8 cm³/mol. The van der Waals surface area contributed by atoms with E-state index in [4.69, 9.17) is 23.2 Å². The lowest BCUT2D eigenvalue weighted by Crippen LogP contribution is -2.03. The van der Waals surface area contributed by atoms with Gasteiger partial charge in [0.15, 0.2) is 0 Å². The molecule has 0 aliphatic carbocycles. The van der Waals surface area contributed by atoms with Crippen LogP contribution < -0.4 is 0 Å². The Morgan fingerprint density at radius 2 is 2.29 bits per heavy atom. The maximum Gasteiger partial charge on any atom is 0.100 e. The van der Waals surface area contributed by atoms with Crippen molar-refractivity contribution in [3.05, 3.63) is 38.3 Å². The molecule has 1 unspecified atom stereocenters. The van der Waals surface area contributed by atoms with Crippen molar-refractivity contribution in [1.82, 2.24) is 9.78 Å². The number of halogens is 2. The first-order valence-electron chi connectivity index (χ1n) is 5.17. The molecule has 0 saturated heterocycles. The number of aryl methyl sites for hydroxylation is 2. The van der Waals surface area contributed by atoms with Gasteiger partial charge in [-0.3, -0.25) is 4.68 Å². The Hall–Kier alpha value is -0.550. The average Bonchev–Trinajstić information content (AvgIpc) is 2.81. The van der Waals surface area contributed by atoms with Gasteiger partial charge in [-0.2, -0.15) is 5.10 Å². The SMILES string of the molecule is Cn1nccc1CCC(O)c1cc(Cl)sc1Cl. The van der Waals surface area contributed by atoms with Crippen molar-refractivity contribution in [1.29, 1.82) is 0 Å². The van der Waals surface area contributed by atoms with Crippen molar-refractivity contribution in [3.8, 4) is 0 Å². The van der Waals surface area contributed by atoms with Crippen LogP contribution in [0.3, 0.4) is 0 Å². The van der Waals surface area contributed by atoms with Crippen molar-refractivity contribution in [2.24, 2.45) is 7.05 Å². The quantitative estimate of drug-likeness (QED) is 0.937. The molecule has 0 spiro atoms. The number of thiophene rings is 1. The Kier molecular flexibility index (Phi) is 4.09. The molecule has 3 nitrogen and oxygen atoms in total. The molecule has 1 N–H and O–H groups in total. The Morgan fingerprint density at radius 3 is 2.82 bits per heavy atom. The van der Waals surface area contributed by atoms with Crippen molar-refractivity contribution < 1.29 is 5.11 Å². The maximum atomic E-state index is 10.0.